The van der Waals surface area contributed by atoms with Crippen molar-refractivity contribution in [1.82, 2.24) is 5.32 Å². The van der Waals surface area contributed by atoms with Gasteiger partial charge in [0.1, 0.15) is 12.7 Å². The highest BCUT2D eigenvalue weighted by Gasteiger charge is 2.08. The Morgan fingerprint density at radius 3 is 2.68 bits per heavy atom. The molecule has 0 fully saturated rings. The lowest BCUT2D eigenvalue weighted by molar-refractivity contribution is 0.0523. The summed E-state index contributed by atoms with van der Waals surface area (Å²) in [6, 6.07) is 4.72. The van der Waals surface area contributed by atoms with E-state index in [0.29, 0.717) is 12.5 Å². The summed E-state index contributed by atoms with van der Waals surface area (Å²) in [6.45, 7) is 5.17. The van der Waals surface area contributed by atoms with Crippen LogP contribution in [0.4, 0.5) is 4.39 Å². The number of hydrogen-bond acceptors (Lipinski definition) is 4. The van der Waals surface area contributed by atoms with Crippen LogP contribution in [0.5, 0.6) is 5.75 Å². The molecule has 0 saturated carbocycles. The highest BCUT2D eigenvalue weighted by Crippen LogP contribution is 2.18. The molecule has 0 radical (unpaired) electrons. The van der Waals surface area contributed by atoms with Gasteiger partial charge in [0.2, 0.25) is 0 Å². The van der Waals surface area contributed by atoms with Crippen LogP contribution in [0.3, 0.4) is 0 Å². The molecular weight excluding hydrogens is 249 g/mol. The first-order valence-corrected chi connectivity index (χ1v) is 6.43. The van der Waals surface area contributed by atoms with E-state index in [1.165, 1.54) is 12.1 Å². The fourth-order valence-corrected chi connectivity index (χ4v) is 1.52. The van der Waals surface area contributed by atoms with Crippen molar-refractivity contribution in [3.8, 4) is 5.75 Å². The standard InChI is InChI=1S/C14H22FNO3/c1-10(2)6-16-7-11-3-4-14(13(15)5-11)19-9-12(18)8-17/h3-5,10,12,16-18H,6-9H2,1-2H3. The number of ether oxygens (including phenoxy) is 1. The van der Waals surface area contributed by atoms with Gasteiger partial charge in [-0.2, -0.15) is 0 Å². The monoisotopic (exact) mass is 271 g/mol. The summed E-state index contributed by atoms with van der Waals surface area (Å²) in [5, 5.41) is 21.0. The van der Waals surface area contributed by atoms with E-state index in [4.69, 9.17) is 14.9 Å². The van der Waals surface area contributed by atoms with Crippen molar-refractivity contribution in [2.45, 2.75) is 26.5 Å². The van der Waals surface area contributed by atoms with Crippen LogP contribution in [0.25, 0.3) is 0 Å². The predicted molar refractivity (Wildman–Crippen MR) is 71.5 cm³/mol. The van der Waals surface area contributed by atoms with Crippen molar-refractivity contribution in [3.05, 3.63) is 29.6 Å². The van der Waals surface area contributed by atoms with E-state index < -0.39 is 18.5 Å². The fraction of sp³-hybridized carbons (Fsp3) is 0.571. The van der Waals surface area contributed by atoms with E-state index in [2.05, 4.69) is 19.2 Å². The molecule has 1 unspecified atom stereocenters. The molecule has 1 atom stereocenters. The molecule has 0 aliphatic heterocycles. The first kappa shape index (κ1) is 15.9. The van der Waals surface area contributed by atoms with E-state index in [9.17, 15) is 4.39 Å². The average Bonchev–Trinajstić information content (AvgIpc) is 2.37. The topological polar surface area (TPSA) is 61.7 Å². The number of aliphatic hydroxyl groups is 2. The Hall–Kier alpha value is -1.17. The lowest BCUT2D eigenvalue weighted by Crippen LogP contribution is -2.21. The Labute approximate surface area is 113 Å². The zero-order valence-corrected chi connectivity index (χ0v) is 11.4. The van der Waals surface area contributed by atoms with Crippen molar-refractivity contribution >= 4 is 0 Å². The SMILES string of the molecule is CC(C)CNCc1ccc(OCC(O)CO)c(F)c1. The minimum Gasteiger partial charge on any atom is -0.488 e. The predicted octanol–water partition coefficient (Wildman–Crippen LogP) is 1.30. The van der Waals surface area contributed by atoms with Gasteiger partial charge in [-0.05, 0) is 30.2 Å². The van der Waals surface area contributed by atoms with Crippen LogP contribution >= 0.6 is 0 Å². The van der Waals surface area contributed by atoms with Gasteiger partial charge >= 0.3 is 0 Å². The quantitative estimate of drug-likeness (QED) is 0.667. The molecular formula is C14H22FNO3. The van der Waals surface area contributed by atoms with E-state index >= 15 is 0 Å². The Balaban J connectivity index is 2.49. The fourth-order valence-electron chi connectivity index (χ4n) is 1.52. The maximum absolute atomic E-state index is 13.7. The number of hydrogen-bond donors (Lipinski definition) is 3. The molecule has 0 bridgehead atoms. The summed E-state index contributed by atoms with van der Waals surface area (Å²) in [4.78, 5) is 0. The number of rotatable bonds is 8. The molecule has 0 spiro atoms. The van der Waals surface area contributed by atoms with Gasteiger partial charge in [-0.15, -0.1) is 0 Å². The largest absolute Gasteiger partial charge is 0.488 e. The summed E-state index contributed by atoms with van der Waals surface area (Å²) < 4.78 is 18.8. The van der Waals surface area contributed by atoms with E-state index in [-0.39, 0.29) is 12.4 Å². The van der Waals surface area contributed by atoms with Crippen LogP contribution in [0.1, 0.15) is 19.4 Å². The molecule has 19 heavy (non-hydrogen) atoms. The number of benzene rings is 1. The first-order chi connectivity index (χ1) is 9.02. The van der Waals surface area contributed by atoms with Crippen molar-refractivity contribution in [2.24, 2.45) is 5.92 Å². The van der Waals surface area contributed by atoms with Crippen LogP contribution < -0.4 is 10.1 Å². The smallest absolute Gasteiger partial charge is 0.165 e. The van der Waals surface area contributed by atoms with Crippen LogP contribution in [-0.4, -0.2) is 36.1 Å². The molecule has 0 heterocycles. The van der Waals surface area contributed by atoms with E-state index in [0.717, 1.165) is 12.1 Å². The molecule has 5 heteroatoms. The average molecular weight is 271 g/mol. The molecule has 0 saturated heterocycles. The number of aliphatic hydroxyl groups excluding tert-OH is 2. The van der Waals surface area contributed by atoms with Crippen molar-refractivity contribution in [1.29, 1.82) is 0 Å². The van der Waals surface area contributed by atoms with Gasteiger partial charge in [0.15, 0.2) is 11.6 Å². The minimum atomic E-state index is -0.994. The molecule has 4 nitrogen and oxygen atoms in total. The van der Waals surface area contributed by atoms with Crippen molar-refractivity contribution in [2.75, 3.05) is 19.8 Å². The van der Waals surface area contributed by atoms with Crippen LogP contribution in [-0.2, 0) is 6.54 Å². The minimum absolute atomic E-state index is 0.0834. The second-order valence-electron chi connectivity index (χ2n) is 4.94. The van der Waals surface area contributed by atoms with Crippen molar-refractivity contribution < 1.29 is 19.3 Å². The molecule has 1 rings (SSSR count). The second-order valence-corrected chi connectivity index (χ2v) is 4.94. The Kier molecular flexibility index (Phi) is 6.77. The molecule has 0 aromatic heterocycles. The van der Waals surface area contributed by atoms with Gasteiger partial charge in [-0.25, -0.2) is 4.39 Å². The highest BCUT2D eigenvalue weighted by atomic mass is 19.1. The Bertz CT molecular complexity index is 385. The van der Waals surface area contributed by atoms with Crippen molar-refractivity contribution in [3.63, 3.8) is 0 Å². The summed E-state index contributed by atoms with van der Waals surface area (Å²) >= 11 is 0. The molecule has 1 aromatic carbocycles. The van der Waals surface area contributed by atoms with Gasteiger partial charge in [0, 0.05) is 6.54 Å². The second kappa shape index (κ2) is 8.09. The zero-order chi connectivity index (χ0) is 14.3. The summed E-state index contributed by atoms with van der Waals surface area (Å²) in [5.74, 6) is 0.168. The third kappa shape index (κ3) is 6.00. The van der Waals surface area contributed by atoms with E-state index in [1.807, 2.05) is 0 Å². The third-order valence-corrected chi connectivity index (χ3v) is 2.52. The van der Waals surface area contributed by atoms with Crippen LogP contribution in [0, 0.1) is 11.7 Å². The first-order valence-electron chi connectivity index (χ1n) is 6.43. The summed E-state index contributed by atoms with van der Waals surface area (Å²) in [6.07, 6.45) is -0.994. The highest BCUT2D eigenvalue weighted by molar-refractivity contribution is 5.29. The normalized spacial score (nSPS) is 12.7. The number of halogens is 1. The van der Waals surface area contributed by atoms with Gasteiger partial charge in [-0.3, -0.25) is 0 Å². The Morgan fingerprint density at radius 1 is 1.37 bits per heavy atom. The maximum atomic E-state index is 13.7. The Morgan fingerprint density at radius 2 is 2.11 bits per heavy atom. The van der Waals surface area contributed by atoms with Gasteiger partial charge < -0.3 is 20.3 Å². The number of nitrogens with one attached hydrogen (secondary N) is 1. The van der Waals surface area contributed by atoms with Crippen LogP contribution in [0.2, 0.25) is 0 Å². The maximum Gasteiger partial charge on any atom is 0.165 e. The molecule has 1 aromatic rings. The zero-order valence-electron chi connectivity index (χ0n) is 11.4. The third-order valence-electron chi connectivity index (χ3n) is 2.52. The van der Waals surface area contributed by atoms with E-state index in [1.54, 1.807) is 6.07 Å². The molecule has 3 N–H and O–H groups in total. The van der Waals surface area contributed by atoms with Gasteiger partial charge in [0.25, 0.3) is 0 Å². The molecule has 0 aliphatic carbocycles. The van der Waals surface area contributed by atoms with Crippen LogP contribution in [0.15, 0.2) is 18.2 Å². The molecule has 108 valence electrons. The summed E-state index contributed by atoms with van der Waals surface area (Å²) in [5.41, 5.74) is 0.841. The molecule has 0 amide bonds. The lowest BCUT2D eigenvalue weighted by atomic mass is 10.2. The lowest BCUT2D eigenvalue weighted by Gasteiger charge is -2.12. The van der Waals surface area contributed by atoms with Gasteiger partial charge in [0.05, 0.1) is 6.61 Å². The summed E-state index contributed by atoms with van der Waals surface area (Å²) in [7, 11) is 0. The van der Waals surface area contributed by atoms with Gasteiger partial charge in [-0.1, -0.05) is 19.9 Å². The molecule has 0 aliphatic rings.